The average molecular weight is 325 g/mol. The zero-order valence-electron chi connectivity index (χ0n) is 14.1. The van der Waals surface area contributed by atoms with Gasteiger partial charge in [0.2, 0.25) is 5.88 Å². The Morgan fingerprint density at radius 2 is 1.92 bits per heavy atom. The highest BCUT2D eigenvalue weighted by Crippen LogP contribution is 2.39. The van der Waals surface area contributed by atoms with Crippen molar-refractivity contribution in [1.82, 2.24) is 19.9 Å². The van der Waals surface area contributed by atoms with Crippen molar-refractivity contribution in [3.63, 3.8) is 0 Å². The fourth-order valence-electron chi connectivity index (χ4n) is 3.16. The molecule has 0 atom stereocenters. The fraction of sp³-hybridized carbons (Fsp3) is 0.500. The molecule has 0 aromatic carbocycles. The number of ether oxygens (including phenoxy) is 1. The molecule has 2 fully saturated rings. The van der Waals surface area contributed by atoms with Crippen molar-refractivity contribution >= 4 is 5.82 Å². The normalized spacial score (nSPS) is 18.6. The summed E-state index contributed by atoms with van der Waals surface area (Å²) in [7, 11) is 1.64. The van der Waals surface area contributed by atoms with Gasteiger partial charge >= 0.3 is 0 Å². The third kappa shape index (κ3) is 3.48. The minimum Gasteiger partial charge on any atom is -0.481 e. The van der Waals surface area contributed by atoms with Crippen molar-refractivity contribution in [3.05, 3.63) is 42.0 Å². The largest absolute Gasteiger partial charge is 0.481 e. The SMILES string of the molecule is COc1ccc(CN2CCN(c3cc(C4CC4)ncn3)CC2)cn1. The van der Waals surface area contributed by atoms with Crippen LogP contribution in [-0.2, 0) is 6.54 Å². The second-order valence-corrected chi connectivity index (χ2v) is 6.55. The second-order valence-electron chi connectivity index (χ2n) is 6.55. The van der Waals surface area contributed by atoms with Gasteiger partial charge in [0.25, 0.3) is 0 Å². The molecular weight excluding hydrogens is 302 g/mol. The number of nitrogens with zero attached hydrogens (tertiary/aromatic N) is 5. The standard InChI is InChI=1S/C18H23N5O/c1-24-18-5-2-14(11-19-18)12-22-6-8-23(9-7-22)17-10-16(15-3-4-15)20-13-21-17/h2,5,10-11,13,15H,3-4,6-9,12H2,1H3. The van der Waals surface area contributed by atoms with Crippen LogP contribution in [0, 0.1) is 0 Å². The van der Waals surface area contributed by atoms with Gasteiger partial charge in [-0.25, -0.2) is 15.0 Å². The smallest absolute Gasteiger partial charge is 0.212 e. The molecule has 0 spiro atoms. The molecule has 0 radical (unpaired) electrons. The van der Waals surface area contributed by atoms with Crippen LogP contribution in [0.2, 0.25) is 0 Å². The van der Waals surface area contributed by atoms with Gasteiger partial charge in [-0.15, -0.1) is 0 Å². The number of hydrogen-bond donors (Lipinski definition) is 0. The van der Waals surface area contributed by atoms with Gasteiger partial charge in [0, 0.05) is 62.7 Å². The molecule has 3 heterocycles. The monoisotopic (exact) mass is 325 g/mol. The van der Waals surface area contributed by atoms with Crippen molar-refractivity contribution in [2.45, 2.75) is 25.3 Å². The summed E-state index contributed by atoms with van der Waals surface area (Å²) >= 11 is 0. The molecule has 6 nitrogen and oxygen atoms in total. The summed E-state index contributed by atoms with van der Waals surface area (Å²) in [4.78, 5) is 18.0. The molecular formula is C18H23N5O. The minimum absolute atomic E-state index is 0.666. The van der Waals surface area contributed by atoms with E-state index in [2.05, 4.69) is 36.9 Å². The van der Waals surface area contributed by atoms with E-state index in [-0.39, 0.29) is 0 Å². The first kappa shape index (κ1) is 15.3. The van der Waals surface area contributed by atoms with Crippen LogP contribution < -0.4 is 9.64 Å². The van der Waals surface area contributed by atoms with Gasteiger partial charge in [-0.3, -0.25) is 4.90 Å². The molecule has 126 valence electrons. The maximum absolute atomic E-state index is 5.11. The molecule has 6 heteroatoms. The number of methoxy groups -OCH3 is 1. The topological polar surface area (TPSA) is 54.4 Å². The van der Waals surface area contributed by atoms with Crippen molar-refractivity contribution in [1.29, 1.82) is 0 Å². The third-order valence-corrected chi connectivity index (χ3v) is 4.78. The maximum Gasteiger partial charge on any atom is 0.212 e. The first-order chi connectivity index (χ1) is 11.8. The van der Waals surface area contributed by atoms with Crippen LogP contribution in [0.5, 0.6) is 5.88 Å². The Balaban J connectivity index is 1.33. The van der Waals surface area contributed by atoms with E-state index in [9.17, 15) is 0 Å². The molecule has 0 bridgehead atoms. The van der Waals surface area contributed by atoms with E-state index >= 15 is 0 Å². The summed E-state index contributed by atoms with van der Waals surface area (Å²) in [6.07, 6.45) is 6.18. The van der Waals surface area contributed by atoms with Crippen LogP contribution in [0.4, 0.5) is 5.82 Å². The molecule has 0 unspecified atom stereocenters. The molecule has 2 aliphatic rings. The van der Waals surface area contributed by atoms with E-state index in [4.69, 9.17) is 4.74 Å². The maximum atomic E-state index is 5.11. The summed E-state index contributed by atoms with van der Waals surface area (Å²) in [5.74, 6) is 2.42. The van der Waals surface area contributed by atoms with Gasteiger partial charge < -0.3 is 9.64 Å². The van der Waals surface area contributed by atoms with E-state index in [1.807, 2.05) is 12.3 Å². The lowest BCUT2D eigenvalue weighted by Crippen LogP contribution is -2.46. The van der Waals surface area contributed by atoms with E-state index < -0.39 is 0 Å². The van der Waals surface area contributed by atoms with Gasteiger partial charge in [-0.1, -0.05) is 6.07 Å². The summed E-state index contributed by atoms with van der Waals surface area (Å²) in [6.45, 7) is 5.01. The lowest BCUT2D eigenvalue weighted by molar-refractivity contribution is 0.249. The Morgan fingerprint density at radius 1 is 1.08 bits per heavy atom. The van der Waals surface area contributed by atoms with E-state index in [0.717, 1.165) is 38.5 Å². The Kier molecular flexibility index (Phi) is 4.30. The van der Waals surface area contributed by atoms with Crippen LogP contribution in [0.25, 0.3) is 0 Å². The number of aromatic nitrogens is 3. The van der Waals surface area contributed by atoms with Crippen molar-refractivity contribution in [2.24, 2.45) is 0 Å². The predicted octanol–water partition coefficient (Wildman–Crippen LogP) is 2.08. The van der Waals surface area contributed by atoms with Crippen LogP contribution >= 0.6 is 0 Å². The zero-order chi connectivity index (χ0) is 16.4. The Bertz CT molecular complexity index is 678. The van der Waals surface area contributed by atoms with E-state index in [1.165, 1.54) is 24.1 Å². The second kappa shape index (κ2) is 6.73. The summed E-state index contributed by atoms with van der Waals surface area (Å²) in [6, 6.07) is 6.19. The molecule has 1 aliphatic carbocycles. The number of hydrogen-bond acceptors (Lipinski definition) is 6. The van der Waals surface area contributed by atoms with Crippen LogP contribution in [0.1, 0.15) is 30.0 Å². The van der Waals surface area contributed by atoms with Gasteiger partial charge in [-0.2, -0.15) is 0 Å². The van der Waals surface area contributed by atoms with Crippen molar-refractivity contribution < 1.29 is 4.74 Å². The minimum atomic E-state index is 0.666. The molecule has 0 N–H and O–H groups in total. The highest BCUT2D eigenvalue weighted by Gasteiger charge is 2.26. The fourth-order valence-corrected chi connectivity index (χ4v) is 3.16. The average Bonchev–Trinajstić information content (AvgIpc) is 3.48. The number of rotatable bonds is 5. The highest BCUT2D eigenvalue weighted by molar-refractivity contribution is 5.41. The van der Waals surface area contributed by atoms with Gasteiger partial charge in [0.05, 0.1) is 7.11 Å². The Morgan fingerprint density at radius 3 is 2.58 bits per heavy atom. The first-order valence-corrected chi connectivity index (χ1v) is 8.60. The Hall–Kier alpha value is -2.21. The quantitative estimate of drug-likeness (QED) is 0.839. The van der Waals surface area contributed by atoms with Gasteiger partial charge in [-0.05, 0) is 18.4 Å². The molecule has 1 saturated heterocycles. The molecule has 2 aromatic rings. The van der Waals surface area contributed by atoms with E-state index in [1.54, 1.807) is 13.4 Å². The van der Waals surface area contributed by atoms with Crippen LogP contribution in [0.15, 0.2) is 30.7 Å². The number of anilines is 1. The summed E-state index contributed by atoms with van der Waals surface area (Å²) in [5, 5.41) is 0. The molecule has 4 rings (SSSR count). The predicted molar refractivity (Wildman–Crippen MR) is 92.3 cm³/mol. The summed E-state index contributed by atoms with van der Waals surface area (Å²) in [5.41, 5.74) is 2.44. The lowest BCUT2D eigenvalue weighted by Gasteiger charge is -2.35. The molecule has 1 saturated carbocycles. The highest BCUT2D eigenvalue weighted by atomic mass is 16.5. The third-order valence-electron chi connectivity index (χ3n) is 4.78. The lowest BCUT2D eigenvalue weighted by atomic mass is 10.2. The molecule has 1 aliphatic heterocycles. The van der Waals surface area contributed by atoms with E-state index in [0.29, 0.717) is 11.8 Å². The summed E-state index contributed by atoms with van der Waals surface area (Å²) < 4.78 is 5.11. The van der Waals surface area contributed by atoms with Gasteiger partial charge in [0.1, 0.15) is 12.1 Å². The molecule has 0 amide bonds. The number of pyridine rings is 1. The van der Waals surface area contributed by atoms with Crippen LogP contribution in [0.3, 0.4) is 0 Å². The molecule has 2 aromatic heterocycles. The van der Waals surface area contributed by atoms with Gasteiger partial charge in [0.15, 0.2) is 0 Å². The van der Waals surface area contributed by atoms with Crippen molar-refractivity contribution in [2.75, 3.05) is 38.2 Å². The van der Waals surface area contributed by atoms with Crippen molar-refractivity contribution in [3.8, 4) is 5.88 Å². The first-order valence-electron chi connectivity index (χ1n) is 8.60. The Labute approximate surface area is 142 Å². The molecule has 24 heavy (non-hydrogen) atoms. The van der Waals surface area contributed by atoms with Crippen LogP contribution in [-0.4, -0.2) is 53.1 Å². The zero-order valence-corrected chi connectivity index (χ0v) is 14.1. The number of piperazine rings is 1.